The van der Waals surface area contributed by atoms with Crippen molar-refractivity contribution in [2.45, 2.75) is 32.4 Å². The van der Waals surface area contributed by atoms with Crippen LogP contribution in [0.2, 0.25) is 0 Å². The second kappa shape index (κ2) is 7.04. The minimum Gasteiger partial charge on any atom is -0.462 e. The SMILES string of the molecule is [2H]C([2H])([2H])C([2H])([2H])C([2H])([2H])CCCOC(=O)c1ccccc1. The van der Waals surface area contributed by atoms with E-state index in [1.807, 2.05) is 0 Å². The third kappa shape index (κ3) is 4.63. The summed E-state index contributed by atoms with van der Waals surface area (Å²) in [5, 5.41) is 0. The number of rotatable bonds is 6. The molecule has 1 aromatic rings. The molecule has 0 heterocycles. The van der Waals surface area contributed by atoms with Gasteiger partial charge in [0.05, 0.1) is 12.2 Å². The minimum absolute atomic E-state index is 0.0289. The number of esters is 1. The predicted molar refractivity (Wildman–Crippen MR) is 60.9 cm³/mol. The van der Waals surface area contributed by atoms with Crippen LogP contribution in [0, 0.1) is 0 Å². The van der Waals surface area contributed by atoms with E-state index in [0.29, 0.717) is 5.56 Å². The van der Waals surface area contributed by atoms with Crippen LogP contribution in [0.25, 0.3) is 0 Å². The summed E-state index contributed by atoms with van der Waals surface area (Å²) in [6.07, 6.45) is -5.84. The van der Waals surface area contributed by atoms with Crippen LogP contribution in [-0.4, -0.2) is 12.6 Å². The van der Waals surface area contributed by atoms with Crippen molar-refractivity contribution in [1.82, 2.24) is 0 Å². The third-order valence-electron chi connectivity index (χ3n) is 1.78. The lowest BCUT2D eigenvalue weighted by molar-refractivity contribution is 0.0498. The second-order valence-electron chi connectivity index (χ2n) is 2.91. The van der Waals surface area contributed by atoms with E-state index < -0.39 is 25.6 Å². The summed E-state index contributed by atoms with van der Waals surface area (Å²) in [5.74, 6) is -0.556. The Morgan fingerprint density at radius 1 is 1.40 bits per heavy atom. The van der Waals surface area contributed by atoms with Crippen LogP contribution in [0.15, 0.2) is 30.3 Å². The maximum atomic E-state index is 11.6. The van der Waals surface area contributed by atoms with Crippen molar-refractivity contribution in [2.24, 2.45) is 0 Å². The van der Waals surface area contributed by atoms with Gasteiger partial charge in [0.25, 0.3) is 0 Å². The van der Waals surface area contributed by atoms with Crippen molar-refractivity contribution < 1.29 is 19.1 Å². The van der Waals surface area contributed by atoms with Crippen molar-refractivity contribution >= 4 is 5.97 Å². The minimum atomic E-state index is -3.06. The van der Waals surface area contributed by atoms with Crippen LogP contribution >= 0.6 is 0 Å². The highest BCUT2D eigenvalue weighted by molar-refractivity contribution is 5.89. The predicted octanol–water partition coefficient (Wildman–Crippen LogP) is 3.42. The largest absolute Gasteiger partial charge is 0.462 e. The first kappa shape index (κ1) is 5.15. The molecule has 0 radical (unpaired) electrons. The van der Waals surface area contributed by atoms with Crippen LogP contribution in [0.3, 0.4) is 0 Å². The Labute approximate surface area is 101 Å². The van der Waals surface area contributed by atoms with Gasteiger partial charge >= 0.3 is 5.97 Å². The average molecular weight is 213 g/mol. The van der Waals surface area contributed by atoms with Gasteiger partial charge in [-0.25, -0.2) is 4.79 Å². The zero-order valence-electron chi connectivity index (χ0n) is 15.3. The lowest BCUT2D eigenvalue weighted by Crippen LogP contribution is -2.06. The highest BCUT2D eigenvalue weighted by atomic mass is 16.5. The van der Waals surface area contributed by atoms with Crippen LogP contribution in [0.1, 0.15) is 52.4 Å². The first-order valence-electron chi connectivity index (χ1n) is 8.21. The third-order valence-corrected chi connectivity index (χ3v) is 1.78. The van der Waals surface area contributed by atoms with Crippen molar-refractivity contribution in [2.75, 3.05) is 6.61 Å². The van der Waals surface area contributed by atoms with E-state index in [9.17, 15) is 4.79 Å². The fraction of sp³-hybridized carbons (Fsp3) is 0.462. The summed E-state index contributed by atoms with van der Waals surface area (Å²) in [4.78, 5) is 11.6. The maximum absolute atomic E-state index is 11.6. The maximum Gasteiger partial charge on any atom is 0.338 e. The number of benzene rings is 1. The number of carbonyl (C=O) groups is 1. The Morgan fingerprint density at radius 2 is 2.20 bits per heavy atom. The van der Waals surface area contributed by atoms with Gasteiger partial charge in [0.1, 0.15) is 0 Å². The van der Waals surface area contributed by atoms with Gasteiger partial charge in [-0.2, -0.15) is 0 Å². The fourth-order valence-electron chi connectivity index (χ4n) is 1.05. The Bertz CT molecular complexity index is 497. The molecular formula is C13H18O2. The van der Waals surface area contributed by atoms with Crippen molar-refractivity contribution in [3.63, 3.8) is 0 Å². The van der Waals surface area contributed by atoms with Gasteiger partial charge in [-0.1, -0.05) is 44.2 Å². The summed E-state index contributed by atoms with van der Waals surface area (Å²) < 4.78 is 56.4. The molecule has 2 heteroatoms. The van der Waals surface area contributed by atoms with Gasteiger partial charge in [-0.15, -0.1) is 0 Å². The monoisotopic (exact) mass is 213 g/mol. The van der Waals surface area contributed by atoms with Gasteiger partial charge in [0, 0.05) is 9.60 Å². The number of carbonyl (C=O) groups excluding carboxylic acids is 1. The summed E-state index contributed by atoms with van der Waals surface area (Å²) >= 11 is 0. The molecule has 0 aliphatic rings. The molecule has 0 amide bonds. The van der Waals surface area contributed by atoms with E-state index in [1.165, 1.54) is 0 Å². The molecule has 15 heavy (non-hydrogen) atoms. The second-order valence-corrected chi connectivity index (χ2v) is 2.91. The Morgan fingerprint density at radius 3 is 2.93 bits per heavy atom. The number of ether oxygens (including phenoxy) is 1. The molecular weight excluding hydrogens is 188 g/mol. The van der Waals surface area contributed by atoms with Gasteiger partial charge in [-0.05, 0) is 18.6 Å². The Kier molecular flexibility index (Phi) is 2.42. The van der Waals surface area contributed by atoms with E-state index in [4.69, 9.17) is 14.3 Å². The molecule has 0 aliphatic heterocycles. The lowest BCUT2D eigenvalue weighted by Gasteiger charge is -2.03. The summed E-state index contributed by atoms with van der Waals surface area (Å²) in [6.45, 7) is -3.17. The molecule has 0 saturated heterocycles. The average Bonchev–Trinajstić information content (AvgIpc) is 2.43. The molecule has 82 valence electrons. The van der Waals surface area contributed by atoms with Crippen molar-refractivity contribution in [1.29, 1.82) is 0 Å². The van der Waals surface area contributed by atoms with E-state index in [0.717, 1.165) is 0 Å². The Hall–Kier alpha value is -1.31. The molecule has 1 rings (SSSR count). The zero-order chi connectivity index (χ0) is 17.0. The van der Waals surface area contributed by atoms with Crippen molar-refractivity contribution in [3.05, 3.63) is 35.9 Å². The quantitative estimate of drug-likeness (QED) is 0.534. The number of hydrogen-bond donors (Lipinski definition) is 0. The van der Waals surface area contributed by atoms with E-state index in [-0.39, 0.29) is 19.4 Å². The normalized spacial score (nSPS) is 19.6. The highest BCUT2D eigenvalue weighted by Crippen LogP contribution is 2.03. The topological polar surface area (TPSA) is 26.3 Å². The molecule has 1 aromatic carbocycles. The first-order chi connectivity index (χ1) is 9.99. The smallest absolute Gasteiger partial charge is 0.338 e. The van der Waals surface area contributed by atoms with Crippen LogP contribution < -0.4 is 0 Å². The van der Waals surface area contributed by atoms with Crippen molar-refractivity contribution in [3.8, 4) is 0 Å². The van der Waals surface area contributed by atoms with Gasteiger partial charge < -0.3 is 4.74 Å². The molecule has 2 nitrogen and oxygen atoms in total. The summed E-state index contributed by atoms with van der Waals surface area (Å²) in [5.41, 5.74) is 0.364. The van der Waals surface area contributed by atoms with Gasteiger partial charge in [-0.3, -0.25) is 0 Å². The van der Waals surface area contributed by atoms with Crippen LogP contribution in [0.4, 0.5) is 0 Å². The molecule has 0 unspecified atom stereocenters. The highest BCUT2D eigenvalue weighted by Gasteiger charge is 2.04. The van der Waals surface area contributed by atoms with E-state index in [1.54, 1.807) is 30.3 Å². The molecule has 0 fully saturated rings. The van der Waals surface area contributed by atoms with Crippen LogP contribution in [-0.2, 0) is 4.74 Å². The molecule has 0 aromatic heterocycles. The fourth-order valence-corrected chi connectivity index (χ4v) is 1.05. The zero-order valence-corrected chi connectivity index (χ0v) is 8.32. The molecule has 0 saturated carbocycles. The summed E-state index contributed by atoms with van der Waals surface area (Å²) in [6, 6.07) is 8.27. The molecule has 0 aliphatic carbocycles. The summed E-state index contributed by atoms with van der Waals surface area (Å²) in [7, 11) is 0. The number of hydrogen-bond acceptors (Lipinski definition) is 2. The molecule has 0 spiro atoms. The standard InChI is InChI=1S/C13H18O2/c1-2-3-4-8-11-15-13(14)12-9-6-5-7-10-12/h5-7,9-10H,2-4,8,11H2,1H3/i1D3,2D2,3D2. The molecule has 0 atom stereocenters. The Balaban J connectivity index is 2.49. The van der Waals surface area contributed by atoms with E-state index >= 15 is 0 Å². The molecule has 0 N–H and O–H groups in total. The molecule has 0 bridgehead atoms. The van der Waals surface area contributed by atoms with E-state index in [2.05, 4.69) is 0 Å². The lowest BCUT2D eigenvalue weighted by atomic mass is 10.2. The van der Waals surface area contributed by atoms with Gasteiger partial charge in [0.2, 0.25) is 0 Å². The van der Waals surface area contributed by atoms with Gasteiger partial charge in [0.15, 0.2) is 0 Å². The van der Waals surface area contributed by atoms with Crippen LogP contribution in [0.5, 0.6) is 0 Å². The first-order valence-corrected chi connectivity index (χ1v) is 4.71.